The second-order valence-electron chi connectivity index (χ2n) is 5.03. The van der Waals surface area contributed by atoms with E-state index in [9.17, 15) is 4.79 Å². The lowest BCUT2D eigenvalue weighted by Crippen LogP contribution is -2.52. The van der Waals surface area contributed by atoms with E-state index in [1.165, 1.54) is 11.8 Å². The van der Waals surface area contributed by atoms with Crippen LogP contribution in [0.1, 0.15) is 19.8 Å². The lowest BCUT2D eigenvalue weighted by Gasteiger charge is -2.30. The van der Waals surface area contributed by atoms with E-state index in [4.69, 9.17) is 4.74 Å². The van der Waals surface area contributed by atoms with Crippen LogP contribution in [-0.4, -0.2) is 37.4 Å². The summed E-state index contributed by atoms with van der Waals surface area (Å²) in [6, 6.07) is 8.39. The highest BCUT2D eigenvalue weighted by Crippen LogP contribution is 2.22. The molecule has 0 aliphatic carbocycles. The lowest BCUT2D eigenvalue weighted by atomic mass is 10.00. The molecule has 2 atom stereocenters. The van der Waals surface area contributed by atoms with Gasteiger partial charge in [0.25, 0.3) is 0 Å². The van der Waals surface area contributed by atoms with Gasteiger partial charge in [-0.2, -0.15) is 0 Å². The van der Waals surface area contributed by atoms with Crippen LogP contribution in [0.2, 0.25) is 0 Å². The van der Waals surface area contributed by atoms with Crippen LogP contribution < -0.4 is 15.4 Å². The summed E-state index contributed by atoms with van der Waals surface area (Å²) < 4.78 is 5.18. The number of amides is 1. The first-order valence-corrected chi connectivity index (χ1v) is 7.97. The van der Waals surface area contributed by atoms with E-state index >= 15 is 0 Å². The van der Waals surface area contributed by atoms with Gasteiger partial charge in [-0.25, -0.2) is 0 Å². The number of ether oxygens (including phenoxy) is 1. The Morgan fingerprint density at radius 2 is 2.33 bits per heavy atom. The molecule has 1 aliphatic heterocycles. The third kappa shape index (κ3) is 5.77. The normalized spacial score (nSPS) is 21.2. The van der Waals surface area contributed by atoms with Crippen molar-refractivity contribution >= 4 is 30.1 Å². The number of rotatable bonds is 5. The Hall–Kier alpha value is -0.910. The zero-order valence-corrected chi connectivity index (χ0v) is 14.1. The molecule has 2 rings (SSSR count). The Morgan fingerprint density at radius 3 is 3.05 bits per heavy atom. The highest BCUT2D eigenvalue weighted by atomic mass is 35.5. The smallest absolute Gasteiger partial charge is 0.230 e. The number of carbonyl (C=O) groups is 1. The predicted molar refractivity (Wildman–Crippen MR) is 89.6 cm³/mol. The van der Waals surface area contributed by atoms with Gasteiger partial charge in [0.2, 0.25) is 5.91 Å². The number of piperidine rings is 1. The number of hydrogen-bond acceptors (Lipinski definition) is 4. The third-order valence-corrected chi connectivity index (χ3v) is 4.51. The molecular weight excluding hydrogens is 308 g/mol. The van der Waals surface area contributed by atoms with Crippen molar-refractivity contribution in [1.82, 2.24) is 10.6 Å². The van der Waals surface area contributed by atoms with E-state index in [0.717, 1.165) is 30.0 Å². The molecule has 0 spiro atoms. The number of hydrogen-bond donors (Lipinski definition) is 2. The van der Waals surface area contributed by atoms with Crippen molar-refractivity contribution < 1.29 is 9.53 Å². The maximum atomic E-state index is 12.0. The fraction of sp³-hybridized carbons (Fsp3) is 0.533. The minimum absolute atomic E-state index is 0. The van der Waals surface area contributed by atoms with E-state index in [-0.39, 0.29) is 24.4 Å². The fourth-order valence-corrected chi connectivity index (χ4v) is 3.08. The molecule has 4 nitrogen and oxygen atoms in total. The van der Waals surface area contributed by atoms with Gasteiger partial charge in [-0.1, -0.05) is 6.07 Å². The second kappa shape index (κ2) is 9.18. The molecule has 1 heterocycles. The Bertz CT molecular complexity index is 459. The van der Waals surface area contributed by atoms with Crippen LogP contribution in [0, 0.1) is 0 Å². The molecule has 118 valence electrons. The molecule has 2 N–H and O–H groups in total. The molecule has 1 fully saturated rings. The van der Waals surface area contributed by atoms with Crippen LogP contribution in [-0.2, 0) is 4.79 Å². The highest BCUT2D eigenvalue weighted by molar-refractivity contribution is 8.00. The second-order valence-corrected chi connectivity index (χ2v) is 6.08. The molecule has 0 bridgehead atoms. The summed E-state index contributed by atoms with van der Waals surface area (Å²) in [5.74, 6) is 1.36. The van der Waals surface area contributed by atoms with Crippen LogP contribution in [0.5, 0.6) is 5.75 Å². The van der Waals surface area contributed by atoms with Gasteiger partial charge in [-0.05, 0) is 44.5 Å². The average Bonchev–Trinajstić information content (AvgIpc) is 2.48. The van der Waals surface area contributed by atoms with Crippen LogP contribution in [0.15, 0.2) is 29.2 Å². The molecule has 1 amide bonds. The van der Waals surface area contributed by atoms with E-state index in [1.807, 2.05) is 24.3 Å². The number of nitrogens with one attached hydrogen (secondary N) is 2. The molecule has 1 aliphatic rings. The number of benzene rings is 1. The van der Waals surface area contributed by atoms with Crippen molar-refractivity contribution in [1.29, 1.82) is 0 Å². The fourth-order valence-electron chi connectivity index (χ4n) is 2.33. The Morgan fingerprint density at radius 1 is 1.52 bits per heavy atom. The highest BCUT2D eigenvalue weighted by Gasteiger charge is 2.22. The Labute approximate surface area is 136 Å². The first-order valence-electron chi connectivity index (χ1n) is 6.98. The molecule has 6 heteroatoms. The van der Waals surface area contributed by atoms with Gasteiger partial charge in [0.1, 0.15) is 5.75 Å². The van der Waals surface area contributed by atoms with Crippen LogP contribution in [0.3, 0.4) is 0 Å². The Kier molecular flexibility index (Phi) is 7.93. The van der Waals surface area contributed by atoms with Crippen LogP contribution >= 0.6 is 24.2 Å². The summed E-state index contributed by atoms with van der Waals surface area (Å²) in [5, 5.41) is 6.50. The summed E-state index contributed by atoms with van der Waals surface area (Å²) in [6.07, 6.45) is 2.18. The summed E-state index contributed by atoms with van der Waals surface area (Å²) in [6.45, 7) is 3.17. The van der Waals surface area contributed by atoms with Gasteiger partial charge in [0.15, 0.2) is 0 Å². The van der Waals surface area contributed by atoms with Crippen LogP contribution in [0.25, 0.3) is 0 Å². The number of methoxy groups -OCH3 is 1. The molecular formula is C15H23ClN2O2S. The van der Waals surface area contributed by atoms with Crippen molar-refractivity contribution in [2.45, 2.75) is 36.7 Å². The minimum Gasteiger partial charge on any atom is -0.497 e. The average molecular weight is 331 g/mol. The van der Waals surface area contributed by atoms with Gasteiger partial charge in [-0.3, -0.25) is 4.79 Å². The maximum absolute atomic E-state index is 12.0. The van der Waals surface area contributed by atoms with Crippen molar-refractivity contribution in [2.24, 2.45) is 0 Å². The molecule has 1 aromatic rings. The monoisotopic (exact) mass is 330 g/mol. The molecule has 21 heavy (non-hydrogen) atoms. The summed E-state index contributed by atoms with van der Waals surface area (Å²) in [5.41, 5.74) is 0. The molecule has 0 saturated carbocycles. The first kappa shape index (κ1) is 18.1. The largest absolute Gasteiger partial charge is 0.497 e. The molecule has 2 unspecified atom stereocenters. The standard InChI is InChI=1S/C15H22N2O2S.ClH/c1-11-14(7-4-8-16-11)17-15(18)10-20-13-6-3-5-12(9-13)19-2;/h3,5-6,9,11,14,16H,4,7-8,10H2,1-2H3,(H,17,18);1H. The third-order valence-electron chi connectivity index (χ3n) is 3.52. The minimum atomic E-state index is 0. The lowest BCUT2D eigenvalue weighted by molar-refractivity contribution is -0.119. The molecule has 0 aromatic heterocycles. The molecule has 0 radical (unpaired) electrons. The van der Waals surface area contributed by atoms with Crippen molar-refractivity contribution in [3.63, 3.8) is 0 Å². The summed E-state index contributed by atoms with van der Waals surface area (Å²) >= 11 is 1.54. The first-order chi connectivity index (χ1) is 9.69. The van der Waals surface area contributed by atoms with E-state index in [1.54, 1.807) is 7.11 Å². The number of thioether (sulfide) groups is 1. The summed E-state index contributed by atoms with van der Waals surface area (Å²) in [4.78, 5) is 13.0. The Balaban J connectivity index is 0.00000220. The van der Waals surface area contributed by atoms with E-state index < -0.39 is 0 Å². The van der Waals surface area contributed by atoms with Crippen LogP contribution in [0.4, 0.5) is 0 Å². The van der Waals surface area contributed by atoms with Gasteiger partial charge in [-0.15, -0.1) is 24.2 Å². The summed E-state index contributed by atoms with van der Waals surface area (Å²) in [7, 11) is 1.65. The van der Waals surface area contributed by atoms with Crippen molar-refractivity contribution in [3.8, 4) is 5.75 Å². The SMILES string of the molecule is COc1cccc(SCC(=O)NC2CCCNC2C)c1.Cl. The van der Waals surface area contributed by atoms with E-state index in [2.05, 4.69) is 17.6 Å². The zero-order chi connectivity index (χ0) is 14.4. The molecule has 1 aromatic carbocycles. The number of halogens is 1. The topological polar surface area (TPSA) is 50.4 Å². The van der Waals surface area contributed by atoms with Gasteiger partial charge in [0.05, 0.1) is 12.9 Å². The van der Waals surface area contributed by atoms with Gasteiger partial charge >= 0.3 is 0 Å². The van der Waals surface area contributed by atoms with Crippen molar-refractivity contribution in [3.05, 3.63) is 24.3 Å². The van der Waals surface area contributed by atoms with Crippen molar-refractivity contribution in [2.75, 3.05) is 19.4 Å². The van der Waals surface area contributed by atoms with Gasteiger partial charge in [0, 0.05) is 17.0 Å². The zero-order valence-electron chi connectivity index (χ0n) is 12.4. The van der Waals surface area contributed by atoms with Gasteiger partial charge < -0.3 is 15.4 Å². The maximum Gasteiger partial charge on any atom is 0.230 e. The molecule has 1 saturated heterocycles. The quantitative estimate of drug-likeness (QED) is 0.814. The predicted octanol–water partition coefficient (Wildman–Crippen LogP) is 2.47. The number of carbonyl (C=O) groups excluding carboxylic acids is 1. The van der Waals surface area contributed by atoms with E-state index in [0.29, 0.717) is 11.8 Å².